The highest BCUT2D eigenvalue weighted by molar-refractivity contribution is 7.12. The number of nitrogens with one attached hydrogen (secondary N) is 2. The molecule has 21 heavy (non-hydrogen) atoms. The molecule has 0 aliphatic heterocycles. The molecule has 1 aromatic rings. The minimum Gasteiger partial charge on any atom is -0.444 e. The van der Waals surface area contributed by atoms with Crippen molar-refractivity contribution in [1.82, 2.24) is 10.6 Å². The first-order valence-corrected chi connectivity index (χ1v) is 8.30. The number of alkyl carbamates (subject to hydrolysis) is 1. The van der Waals surface area contributed by atoms with E-state index in [2.05, 4.69) is 37.5 Å². The van der Waals surface area contributed by atoms with Crippen molar-refractivity contribution >= 4 is 17.4 Å². The van der Waals surface area contributed by atoms with Crippen molar-refractivity contribution in [3.05, 3.63) is 21.4 Å². The second-order valence-electron chi connectivity index (χ2n) is 6.85. The van der Waals surface area contributed by atoms with E-state index >= 15 is 0 Å². The quantitative estimate of drug-likeness (QED) is 0.892. The Hall–Kier alpha value is -1.07. The Labute approximate surface area is 131 Å². The lowest BCUT2D eigenvalue weighted by Crippen LogP contribution is -2.37. The molecule has 0 spiro atoms. The van der Waals surface area contributed by atoms with E-state index < -0.39 is 5.60 Å². The van der Waals surface area contributed by atoms with Gasteiger partial charge in [0.1, 0.15) is 5.60 Å². The van der Waals surface area contributed by atoms with Gasteiger partial charge in [-0.25, -0.2) is 4.79 Å². The van der Waals surface area contributed by atoms with Crippen molar-refractivity contribution in [3.63, 3.8) is 0 Å². The summed E-state index contributed by atoms with van der Waals surface area (Å²) in [6.45, 7) is 12.1. The summed E-state index contributed by atoms with van der Waals surface area (Å²) >= 11 is 1.83. The molecule has 0 bridgehead atoms. The van der Waals surface area contributed by atoms with Crippen LogP contribution < -0.4 is 10.6 Å². The number of carbonyl (C=O) groups is 1. The molecule has 3 unspecified atom stereocenters. The molecule has 0 aromatic carbocycles. The molecule has 1 aliphatic rings. The third-order valence-electron chi connectivity index (χ3n) is 3.50. The van der Waals surface area contributed by atoms with E-state index in [0.29, 0.717) is 12.1 Å². The summed E-state index contributed by atoms with van der Waals surface area (Å²) < 4.78 is 5.27. The molecule has 1 aromatic heterocycles. The summed E-state index contributed by atoms with van der Waals surface area (Å²) in [5.74, 6) is 0. The van der Waals surface area contributed by atoms with Crippen molar-refractivity contribution in [3.8, 4) is 0 Å². The maximum Gasteiger partial charge on any atom is 0.407 e. The normalized spacial score (nSPS) is 22.8. The highest BCUT2D eigenvalue weighted by Crippen LogP contribution is 2.30. The maximum absolute atomic E-state index is 11.7. The van der Waals surface area contributed by atoms with Crippen molar-refractivity contribution in [2.24, 2.45) is 0 Å². The molecule has 5 heteroatoms. The lowest BCUT2D eigenvalue weighted by atomic mass is 10.1. The average molecular weight is 310 g/mol. The monoisotopic (exact) mass is 310 g/mol. The zero-order valence-electron chi connectivity index (χ0n) is 13.7. The number of aryl methyl sites for hydroxylation is 2. The van der Waals surface area contributed by atoms with Gasteiger partial charge in [-0.2, -0.15) is 0 Å². The van der Waals surface area contributed by atoms with E-state index in [4.69, 9.17) is 4.74 Å². The standard InChI is InChI=1S/C16H26N2O2S/c1-9-7-12(11(3)21-9)10(2)17-13-8-14(13)18-15(19)20-16(4,5)6/h7,10,13-14,17H,8H2,1-6H3,(H,18,19). The van der Waals surface area contributed by atoms with Gasteiger partial charge in [-0.05, 0) is 59.6 Å². The van der Waals surface area contributed by atoms with E-state index in [-0.39, 0.29) is 12.1 Å². The molecule has 0 radical (unpaired) electrons. The summed E-state index contributed by atoms with van der Waals surface area (Å²) in [7, 11) is 0. The number of hydrogen-bond acceptors (Lipinski definition) is 4. The fourth-order valence-electron chi connectivity index (χ4n) is 2.49. The summed E-state index contributed by atoms with van der Waals surface area (Å²) in [6.07, 6.45) is 0.637. The van der Waals surface area contributed by atoms with Gasteiger partial charge in [0.05, 0.1) is 0 Å². The highest BCUT2D eigenvalue weighted by atomic mass is 32.1. The van der Waals surface area contributed by atoms with Crippen LogP contribution in [-0.4, -0.2) is 23.8 Å². The minimum atomic E-state index is -0.444. The van der Waals surface area contributed by atoms with E-state index in [1.54, 1.807) is 0 Å². The van der Waals surface area contributed by atoms with Crippen molar-refractivity contribution < 1.29 is 9.53 Å². The van der Waals surface area contributed by atoms with Gasteiger partial charge < -0.3 is 15.4 Å². The predicted molar refractivity (Wildman–Crippen MR) is 86.9 cm³/mol. The number of amides is 1. The molecule has 0 saturated heterocycles. The SMILES string of the molecule is Cc1cc(C(C)NC2CC2NC(=O)OC(C)(C)C)c(C)s1. The first kappa shape index (κ1) is 16.3. The molecule has 118 valence electrons. The molecular weight excluding hydrogens is 284 g/mol. The summed E-state index contributed by atoms with van der Waals surface area (Å²) in [6, 6.07) is 3.08. The van der Waals surface area contributed by atoms with Gasteiger partial charge in [0.2, 0.25) is 0 Å². The fourth-order valence-corrected chi connectivity index (χ4v) is 3.51. The van der Waals surface area contributed by atoms with Crippen LogP contribution in [0.15, 0.2) is 6.07 Å². The van der Waals surface area contributed by atoms with Crippen LogP contribution in [0.25, 0.3) is 0 Å². The van der Waals surface area contributed by atoms with E-state index in [1.807, 2.05) is 32.1 Å². The number of ether oxygens (including phenoxy) is 1. The molecular formula is C16H26N2O2S. The fraction of sp³-hybridized carbons (Fsp3) is 0.688. The smallest absolute Gasteiger partial charge is 0.407 e. The van der Waals surface area contributed by atoms with Gasteiger partial charge in [-0.15, -0.1) is 11.3 Å². The van der Waals surface area contributed by atoms with Crippen LogP contribution in [0.1, 0.15) is 55.5 Å². The van der Waals surface area contributed by atoms with E-state index in [1.165, 1.54) is 15.3 Å². The Morgan fingerprint density at radius 3 is 2.57 bits per heavy atom. The molecule has 1 amide bonds. The van der Waals surface area contributed by atoms with Crippen LogP contribution in [0.4, 0.5) is 4.79 Å². The molecule has 1 saturated carbocycles. The zero-order chi connectivity index (χ0) is 15.8. The van der Waals surface area contributed by atoms with Gasteiger partial charge in [-0.3, -0.25) is 0 Å². The Bertz CT molecular complexity index is 519. The lowest BCUT2D eigenvalue weighted by Gasteiger charge is -2.20. The third-order valence-corrected chi connectivity index (χ3v) is 4.48. The molecule has 2 rings (SSSR count). The van der Waals surface area contributed by atoms with E-state index in [0.717, 1.165) is 6.42 Å². The number of thiophene rings is 1. The maximum atomic E-state index is 11.7. The van der Waals surface area contributed by atoms with Crippen LogP contribution in [-0.2, 0) is 4.74 Å². The molecule has 2 N–H and O–H groups in total. The largest absolute Gasteiger partial charge is 0.444 e. The second-order valence-corrected chi connectivity index (χ2v) is 8.31. The lowest BCUT2D eigenvalue weighted by molar-refractivity contribution is 0.0522. The van der Waals surface area contributed by atoms with Gasteiger partial charge in [0.15, 0.2) is 0 Å². The van der Waals surface area contributed by atoms with Crippen LogP contribution >= 0.6 is 11.3 Å². The second kappa shape index (κ2) is 5.97. The van der Waals surface area contributed by atoms with Crippen LogP contribution in [0, 0.1) is 13.8 Å². The molecule has 3 atom stereocenters. The predicted octanol–water partition coefficient (Wildman–Crippen LogP) is 3.68. The minimum absolute atomic E-state index is 0.183. The zero-order valence-corrected chi connectivity index (χ0v) is 14.6. The summed E-state index contributed by atoms with van der Waals surface area (Å²) in [5, 5.41) is 6.50. The number of hydrogen-bond donors (Lipinski definition) is 2. The molecule has 4 nitrogen and oxygen atoms in total. The van der Waals surface area contributed by atoms with Gasteiger partial charge in [0.25, 0.3) is 0 Å². The number of carbonyl (C=O) groups excluding carboxylic acids is 1. The topological polar surface area (TPSA) is 50.4 Å². The average Bonchev–Trinajstić information content (AvgIpc) is 2.90. The van der Waals surface area contributed by atoms with Gasteiger partial charge in [0, 0.05) is 27.9 Å². The van der Waals surface area contributed by atoms with Crippen LogP contribution in [0.5, 0.6) is 0 Å². The third kappa shape index (κ3) is 4.71. The highest BCUT2D eigenvalue weighted by Gasteiger charge is 2.40. The van der Waals surface area contributed by atoms with E-state index in [9.17, 15) is 4.79 Å². The van der Waals surface area contributed by atoms with Crippen molar-refractivity contribution in [1.29, 1.82) is 0 Å². The Balaban J connectivity index is 1.79. The van der Waals surface area contributed by atoms with Gasteiger partial charge >= 0.3 is 6.09 Å². The van der Waals surface area contributed by atoms with Crippen molar-refractivity contribution in [2.45, 2.75) is 71.7 Å². The first-order chi connectivity index (χ1) is 9.65. The first-order valence-electron chi connectivity index (χ1n) is 7.48. The summed E-state index contributed by atoms with van der Waals surface area (Å²) in [5.41, 5.74) is 0.918. The Morgan fingerprint density at radius 2 is 2.05 bits per heavy atom. The summed E-state index contributed by atoms with van der Waals surface area (Å²) in [4.78, 5) is 14.4. The molecule has 1 fully saturated rings. The van der Waals surface area contributed by atoms with Crippen molar-refractivity contribution in [2.75, 3.05) is 0 Å². The van der Waals surface area contributed by atoms with Crippen LogP contribution in [0.2, 0.25) is 0 Å². The Morgan fingerprint density at radius 1 is 1.38 bits per heavy atom. The Kier molecular flexibility index (Phi) is 4.63. The van der Waals surface area contributed by atoms with Crippen LogP contribution in [0.3, 0.4) is 0 Å². The molecule has 1 heterocycles. The molecule has 1 aliphatic carbocycles. The number of rotatable bonds is 4. The van der Waals surface area contributed by atoms with Gasteiger partial charge in [-0.1, -0.05) is 0 Å².